The number of aromatic nitrogens is 1. The molecule has 0 amide bonds. The van der Waals surface area contributed by atoms with Gasteiger partial charge in [-0.2, -0.15) is 10.5 Å². The molecule has 288 valence electrons. The molecule has 11 aromatic rings. The van der Waals surface area contributed by atoms with Crippen molar-refractivity contribution in [1.29, 1.82) is 10.5 Å². The molecule has 9 aromatic carbocycles. The molecule has 0 saturated heterocycles. The summed E-state index contributed by atoms with van der Waals surface area (Å²) in [6.07, 6.45) is 0. The van der Waals surface area contributed by atoms with Gasteiger partial charge in [-0.15, -0.1) is 0 Å². The zero-order valence-electron chi connectivity index (χ0n) is 33.9. The van der Waals surface area contributed by atoms with Gasteiger partial charge in [0.2, 0.25) is 0 Å². The molecule has 0 aliphatic heterocycles. The van der Waals surface area contributed by atoms with E-state index in [9.17, 15) is 10.5 Å². The lowest BCUT2D eigenvalue weighted by atomic mass is 9.59. The molecule has 0 radical (unpaired) electrons. The van der Waals surface area contributed by atoms with Crippen molar-refractivity contribution >= 4 is 38.1 Å². The molecule has 3 nitrogen and oxygen atoms in total. The van der Waals surface area contributed by atoms with E-state index in [1.807, 2.05) is 0 Å². The Hall–Kier alpha value is -8.24. The molecular weight excluding hydrogens is 763 g/mol. The summed E-state index contributed by atoms with van der Waals surface area (Å²) in [6.45, 7) is 0. The van der Waals surface area contributed by atoms with Crippen LogP contribution in [-0.4, -0.2) is 4.40 Å². The summed E-state index contributed by atoms with van der Waals surface area (Å²) < 4.78 is 2.43. The summed E-state index contributed by atoms with van der Waals surface area (Å²) in [5.74, 6) is -0.118. The van der Waals surface area contributed by atoms with Crippen LogP contribution in [-0.2, 0) is 0 Å². The Balaban J connectivity index is 1.12. The van der Waals surface area contributed by atoms with E-state index in [4.69, 9.17) is 0 Å². The van der Waals surface area contributed by atoms with Gasteiger partial charge in [-0.3, -0.25) is 0 Å². The van der Waals surface area contributed by atoms with Crippen molar-refractivity contribution in [3.8, 4) is 34.4 Å². The first-order valence-electron chi connectivity index (χ1n) is 21.9. The summed E-state index contributed by atoms with van der Waals surface area (Å²) in [5.41, 5.74) is 24.6. The third-order valence-electron chi connectivity index (χ3n) is 15.3. The van der Waals surface area contributed by atoms with Gasteiger partial charge in [0.05, 0.1) is 39.8 Å². The molecule has 0 N–H and O–H groups in total. The van der Waals surface area contributed by atoms with Gasteiger partial charge < -0.3 is 4.40 Å². The molecule has 3 heteroatoms. The van der Waals surface area contributed by atoms with Crippen LogP contribution in [0.3, 0.4) is 0 Å². The Kier molecular flexibility index (Phi) is 6.25. The van der Waals surface area contributed by atoms with Crippen LogP contribution in [0.2, 0.25) is 0 Å². The molecule has 0 unspecified atom stereocenters. The topological polar surface area (TPSA) is 52.0 Å². The Morgan fingerprint density at radius 1 is 0.333 bits per heavy atom. The Morgan fingerprint density at radius 3 is 1.02 bits per heavy atom. The molecule has 2 heterocycles. The van der Waals surface area contributed by atoms with Crippen LogP contribution >= 0.6 is 0 Å². The minimum absolute atomic E-state index is 0.0228. The lowest BCUT2D eigenvalue weighted by Gasteiger charge is -2.43. The van der Waals surface area contributed by atoms with Gasteiger partial charge in [0.15, 0.2) is 0 Å². The van der Waals surface area contributed by atoms with Gasteiger partial charge in [0, 0.05) is 45.2 Å². The normalized spacial score (nSPS) is 18.1. The minimum Gasteiger partial charge on any atom is -0.308 e. The van der Waals surface area contributed by atoms with Crippen molar-refractivity contribution in [2.24, 2.45) is 0 Å². The first-order valence-corrected chi connectivity index (χ1v) is 21.9. The van der Waals surface area contributed by atoms with Crippen LogP contribution in [0.4, 0.5) is 0 Å². The van der Waals surface area contributed by atoms with Crippen LogP contribution < -0.4 is 0 Å². The molecule has 0 saturated carbocycles. The lowest BCUT2D eigenvalue weighted by Crippen LogP contribution is -2.28. The number of benzene rings is 9. The van der Waals surface area contributed by atoms with E-state index in [2.05, 4.69) is 192 Å². The molecule has 4 bridgehead atoms. The molecule has 6 aliphatic carbocycles. The molecule has 0 atom stereocenters. The van der Waals surface area contributed by atoms with Crippen LogP contribution in [0.25, 0.3) is 60.3 Å². The average molecular weight is 796 g/mol. The number of hydrogen-bond acceptors (Lipinski definition) is 2. The van der Waals surface area contributed by atoms with E-state index < -0.39 is 0 Å². The zero-order valence-corrected chi connectivity index (χ0v) is 33.9. The van der Waals surface area contributed by atoms with Gasteiger partial charge in [0.25, 0.3) is 0 Å². The highest BCUT2D eigenvalue weighted by molar-refractivity contribution is 6.27. The fraction of sp³-hybridized carbons (Fsp3) is 0.0667. The number of nitrogens with zero attached hydrogens (tertiary/aromatic N) is 3. The second kappa shape index (κ2) is 11.8. The van der Waals surface area contributed by atoms with E-state index in [1.165, 1.54) is 88.3 Å². The molecular formula is C60H33N3. The second-order valence-electron chi connectivity index (χ2n) is 18.0. The van der Waals surface area contributed by atoms with Crippen molar-refractivity contribution in [2.75, 3.05) is 0 Å². The summed E-state index contributed by atoms with van der Waals surface area (Å²) in [4.78, 5) is 0. The summed E-state index contributed by atoms with van der Waals surface area (Å²) in [7, 11) is 0. The first kappa shape index (κ1) is 33.5. The molecule has 0 spiro atoms. The van der Waals surface area contributed by atoms with Crippen molar-refractivity contribution in [3.05, 3.63) is 254 Å². The SMILES string of the molecule is N#Cc1cc2c(c3c1C1c4ccccc4C3c3ccccc31)c1cc(-c3ccc(-c4ccccc4)cc3)cc3c4c5c(c(C#N)cc4n2c13)C1c2ccccc2C5c2ccccc21. The number of hydrogen-bond donors (Lipinski definition) is 0. The Bertz CT molecular complexity index is 3640. The largest absolute Gasteiger partial charge is 0.308 e. The third kappa shape index (κ3) is 4.00. The number of rotatable bonds is 2. The van der Waals surface area contributed by atoms with Crippen LogP contribution in [0.15, 0.2) is 176 Å². The predicted molar refractivity (Wildman–Crippen MR) is 251 cm³/mol. The van der Waals surface area contributed by atoms with Crippen molar-refractivity contribution in [2.45, 2.75) is 23.7 Å². The zero-order chi connectivity index (χ0) is 41.2. The van der Waals surface area contributed by atoms with Crippen molar-refractivity contribution in [1.82, 2.24) is 4.40 Å². The van der Waals surface area contributed by atoms with E-state index in [-0.39, 0.29) is 23.7 Å². The standard InChI is InChI=1S/C60H33N3/c61-30-36-28-48-56(58-50(36)52-38-14-4-8-18-42(38)54(58)43-19-9-5-15-39(43)52)46-26-35(34-24-22-33(23-25-34)32-12-2-1-3-13-32)27-47-57-49(63(48)60(46)47)29-37(31-62)51-53-40-16-6-10-20-44(40)55(59(51)57)45-21-11-7-17-41(45)53/h1-29,52-55H. The highest BCUT2D eigenvalue weighted by atomic mass is 14.9. The van der Waals surface area contributed by atoms with Gasteiger partial charge in [0.1, 0.15) is 0 Å². The van der Waals surface area contributed by atoms with Gasteiger partial charge >= 0.3 is 0 Å². The maximum atomic E-state index is 11.2. The number of fused-ring (bicyclic) bond motifs is 6. The third-order valence-corrected chi connectivity index (χ3v) is 15.3. The van der Waals surface area contributed by atoms with Gasteiger partial charge in [-0.05, 0) is 113 Å². The van der Waals surface area contributed by atoms with E-state index in [1.54, 1.807) is 0 Å². The molecule has 2 aromatic heterocycles. The second-order valence-corrected chi connectivity index (χ2v) is 18.0. The highest BCUT2D eigenvalue weighted by Gasteiger charge is 2.47. The Labute approximate surface area is 363 Å². The molecule has 0 fully saturated rings. The van der Waals surface area contributed by atoms with Gasteiger partial charge in [-0.1, -0.05) is 152 Å². The average Bonchev–Trinajstić information content (AvgIpc) is 3.87. The van der Waals surface area contributed by atoms with Crippen LogP contribution in [0.1, 0.15) is 102 Å². The summed E-state index contributed by atoms with van der Waals surface area (Å²) in [5, 5.41) is 27.2. The smallest absolute Gasteiger partial charge is 0.0995 e. The molecule has 63 heavy (non-hydrogen) atoms. The molecule has 17 rings (SSSR count). The van der Waals surface area contributed by atoms with Crippen LogP contribution in [0.5, 0.6) is 0 Å². The quantitative estimate of drug-likeness (QED) is 0.175. The summed E-state index contributed by atoms with van der Waals surface area (Å²) >= 11 is 0. The molecule has 6 aliphatic rings. The van der Waals surface area contributed by atoms with Crippen molar-refractivity contribution in [3.63, 3.8) is 0 Å². The summed E-state index contributed by atoms with van der Waals surface area (Å²) in [6, 6.07) is 69.8. The predicted octanol–water partition coefficient (Wildman–Crippen LogP) is 13.9. The van der Waals surface area contributed by atoms with Crippen LogP contribution in [0, 0.1) is 22.7 Å². The van der Waals surface area contributed by atoms with E-state index in [0.717, 1.165) is 49.9 Å². The first-order chi connectivity index (χ1) is 31.2. The fourth-order valence-electron chi connectivity index (χ4n) is 13.1. The van der Waals surface area contributed by atoms with E-state index >= 15 is 0 Å². The van der Waals surface area contributed by atoms with E-state index in [0.29, 0.717) is 0 Å². The number of nitriles is 2. The highest BCUT2D eigenvalue weighted by Crippen LogP contribution is 2.62. The van der Waals surface area contributed by atoms with Gasteiger partial charge in [-0.25, -0.2) is 0 Å². The fourth-order valence-corrected chi connectivity index (χ4v) is 13.1. The maximum absolute atomic E-state index is 11.2. The van der Waals surface area contributed by atoms with Crippen molar-refractivity contribution < 1.29 is 0 Å². The minimum atomic E-state index is -0.0360. The maximum Gasteiger partial charge on any atom is 0.0995 e. The monoisotopic (exact) mass is 795 g/mol. The lowest BCUT2D eigenvalue weighted by molar-refractivity contribution is 0.758. The Morgan fingerprint density at radius 2 is 0.651 bits per heavy atom.